The predicted octanol–water partition coefficient (Wildman–Crippen LogP) is 4.71. The van der Waals surface area contributed by atoms with Crippen LogP contribution < -0.4 is 0 Å². The van der Waals surface area contributed by atoms with Crippen LogP contribution in [0.5, 0.6) is 0 Å². The molecule has 5 heteroatoms. The molecule has 1 unspecified atom stereocenters. The van der Waals surface area contributed by atoms with Crippen molar-refractivity contribution in [1.29, 1.82) is 0 Å². The summed E-state index contributed by atoms with van der Waals surface area (Å²) in [6, 6.07) is 16.9. The molecule has 5 nitrogen and oxygen atoms in total. The van der Waals surface area contributed by atoms with Crippen molar-refractivity contribution in [2.45, 2.75) is 52.2 Å². The van der Waals surface area contributed by atoms with E-state index >= 15 is 0 Å². The Morgan fingerprint density at radius 3 is 2.45 bits per heavy atom. The lowest BCUT2D eigenvalue weighted by Gasteiger charge is -2.28. The molecular weight excluding hydrogens is 390 g/mol. The molecule has 1 heterocycles. The minimum atomic E-state index is -0.573. The molecule has 0 aromatic heterocycles. The van der Waals surface area contributed by atoms with Gasteiger partial charge in [0.25, 0.3) is 5.91 Å². The summed E-state index contributed by atoms with van der Waals surface area (Å²) in [4.78, 5) is 27.8. The van der Waals surface area contributed by atoms with Crippen LogP contribution in [0.15, 0.2) is 65.9 Å². The second-order valence-corrected chi connectivity index (χ2v) is 8.20. The first kappa shape index (κ1) is 22.8. The van der Waals surface area contributed by atoms with Crippen LogP contribution in [0.4, 0.5) is 0 Å². The number of ether oxygens (including phenoxy) is 1. The van der Waals surface area contributed by atoms with Crippen molar-refractivity contribution < 1.29 is 19.4 Å². The van der Waals surface area contributed by atoms with Gasteiger partial charge in [-0.25, -0.2) is 0 Å². The highest BCUT2D eigenvalue weighted by atomic mass is 16.5. The van der Waals surface area contributed by atoms with E-state index < -0.39 is 17.7 Å². The summed E-state index contributed by atoms with van der Waals surface area (Å²) in [5, 5.41) is 10.7. The van der Waals surface area contributed by atoms with Gasteiger partial charge in [-0.3, -0.25) is 9.59 Å². The second-order valence-electron chi connectivity index (χ2n) is 8.20. The Morgan fingerprint density at radius 2 is 1.77 bits per heavy atom. The van der Waals surface area contributed by atoms with E-state index in [4.69, 9.17) is 4.74 Å². The number of aliphatic hydroxyl groups excluding tert-OH is 1. The summed E-state index contributed by atoms with van der Waals surface area (Å²) < 4.78 is 5.61. The molecule has 2 aromatic carbocycles. The third-order valence-electron chi connectivity index (χ3n) is 5.57. The van der Waals surface area contributed by atoms with Gasteiger partial charge in [-0.15, -0.1) is 0 Å². The fourth-order valence-corrected chi connectivity index (χ4v) is 3.98. The summed E-state index contributed by atoms with van der Waals surface area (Å²) in [6.07, 6.45) is 1.55. The molecule has 0 spiro atoms. The molecule has 1 aliphatic heterocycles. The van der Waals surface area contributed by atoms with Crippen molar-refractivity contribution >= 4 is 11.7 Å². The number of ketones is 1. The van der Waals surface area contributed by atoms with E-state index in [1.807, 2.05) is 75.4 Å². The molecular formula is C26H31NO4. The molecule has 3 rings (SSSR count). The Morgan fingerprint density at radius 1 is 1.10 bits per heavy atom. The van der Waals surface area contributed by atoms with Gasteiger partial charge >= 0.3 is 0 Å². The van der Waals surface area contributed by atoms with Crippen LogP contribution in [0.3, 0.4) is 0 Å². The first-order chi connectivity index (χ1) is 14.9. The zero-order chi connectivity index (χ0) is 22.4. The van der Waals surface area contributed by atoms with E-state index in [-0.39, 0.29) is 23.9 Å². The second kappa shape index (κ2) is 10.4. The minimum absolute atomic E-state index is 0.114. The highest BCUT2D eigenvalue weighted by Crippen LogP contribution is 2.39. The molecule has 0 saturated carbocycles. The van der Waals surface area contributed by atoms with E-state index in [0.717, 1.165) is 16.7 Å². The lowest BCUT2D eigenvalue weighted by molar-refractivity contribution is -0.129. The van der Waals surface area contributed by atoms with E-state index in [1.54, 1.807) is 4.90 Å². The molecule has 0 radical (unpaired) electrons. The highest BCUT2D eigenvalue weighted by Gasteiger charge is 2.43. The standard InChI is InChI=1S/C26H31NO4/c1-18(2)31-17-9-16-27-24(21-13-8-7-10-19(21)3)23(25(29)26(27)30)22(28)15-14-20-11-5-4-6-12-20/h4-8,10-13,18,24,29H,9,14-17H2,1-3H3. The maximum absolute atomic E-state index is 13.2. The van der Waals surface area contributed by atoms with Crippen LogP contribution in [0.1, 0.15) is 49.4 Å². The lowest BCUT2D eigenvalue weighted by atomic mass is 9.91. The molecule has 0 fully saturated rings. The van der Waals surface area contributed by atoms with Gasteiger partial charge in [0.15, 0.2) is 11.5 Å². The van der Waals surface area contributed by atoms with Crippen molar-refractivity contribution in [3.63, 3.8) is 0 Å². The highest BCUT2D eigenvalue weighted by molar-refractivity contribution is 6.09. The van der Waals surface area contributed by atoms with Gasteiger partial charge in [0.05, 0.1) is 17.7 Å². The summed E-state index contributed by atoms with van der Waals surface area (Å²) in [5.74, 6) is -1.10. The van der Waals surface area contributed by atoms with Gasteiger partial charge in [0.2, 0.25) is 0 Å². The largest absolute Gasteiger partial charge is 0.503 e. The molecule has 1 aliphatic rings. The van der Waals surface area contributed by atoms with E-state index in [0.29, 0.717) is 26.0 Å². The van der Waals surface area contributed by atoms with Gasteiger partial charge in [-0.1, -0.05) is 54.6 Å². The van der Waals surface area contributed by atoms with Crippen LogP contribution in [0.2, 0.25) is 0 Å². The minimum Gasteiger partial charge on any atom is -0.503 e. The van der Waals surface area contributed by atoms with Gasteiger partial charge in [0.1, 0.15) is 0 Å². The van der Waals surface area contributed by atoms with Crippen molar-refractivity contribution in [2.75, 3.05) is 13.2 Å². The SMILES string of the molecule is Cc1ccccc1C1C(C(=O)CCc2ccccc2)=C(O)C(=O)N1CCCOC(C)C. The Balaban J connectivity index is 1.85. The van der Waals surface area contributed by atoms with Crippen molar-refractivity contribution in [2.24, 2.45) is 0 Å². The molecule has 1 amide bonds. The van der Waals surface area contributed by atoms with Crippen molar-refractivity contribution in [3.8, 4) is 0 Å². The fourth-order valence-electron chi connectivity index (χ4n) is 3.98. The smallest absolute Gasteiger partial charge is 0.290 e. The number of benzene rings is 2. The lowest BCUT2D eigenvalue weighted by Crippen LogP contribution is -2.33. The Labute approximate surface area is 184 Å². The Kier molecular flexibility index (Phi) is 7.64. The number of hydrogen-bond donors (Lipinski definition) is 1. The van der Waals surface area contributed by atoms with Crippen LogP contribution in [-0.2, 0) is 20.7 Å². The van der Waals surface area contributed by atoms with Gasteiger partial charge in [0, 0.05) is 19.6 Å². The molecule has 31 heavy (non-hydrogen) atoms. The molecule has 0 aliphatic carbocycles. The van der Waals surface area contributed by atoms with Crippen LogP contribution in [0.25, 0.3) is 0 Å². The van der Waals surface area contributed by atoms with Gasteiger partial charge < -0.3 is 14.7 Å². The molecule has 0 saturated heterocycles. The molecule has 2 aromatic rings. The zero-order valence-electron chi connectivity index (χ0n) is 18.5. The van der Waals surface area contributed by atoms with E-state index in [2.05, 4.69) is 0 Å². The maximum atomic E-state index is 13.2. The normalized spacial score (nSPS) is 16.5. The van der Waals surface area contributed by atoms with E-state index in [9.17, 15) is 14.7 Å². The monoisotopic (exact) mass is 421 g/mol. The van der Waals surface area contributed by atoms with E-state index in [1.165, 1.54) is 0 Å². The number of carbonyl (C=O) groups excluding carboxylic acids is 2. The van der Waals surface area contributed by atoms with Crippen LogP contribution in [0, 0.1) is 6.92 Å². The summed E-state index contributed by atoms with van der Waals surface area (Å²) >= 11 is 0. The number of nitrogens with zero attached hydrogens (tertiary/aromatic N) is 1. The molecule has 164 valence electrons. The molecule has 0 bridgehead atoms. The number of carbonyl (C=O) groups is 2. The summed E-state index contributed by atoms with van der Waals surface area (Å²) in [7, 11) is 0. The molecule has 1 N–H and O–H groups in total. The fraction of sp³-hybridized carbons (Fsp3) is 0.385. The van der Waals surface area contributed by atoms with Crippen molar-refractivity contribution in [3.05, 3.63) is 82.6 Å². The number of amides is 1. The first-order valence-electron chi connectivity index (χ1n) is 10.9. The van der Waals surface area contributed by atoms with Crippen LogP contribution in [-0.4, -0.2) is 41.0 Å². The summed E-state index contributed by atoms with van der Waals surface area (Å²) in [5.41, 5.74) is 3.11. The van der Waals surface area contributed by atoms with Crippen molar-refractivity contribution in [1.82, 2.24) is 4.90 Å². The number of hydrogen-bond acceptors (Lipinski definition) is 4. The number of aliphatic hydroxyl groups is 1. The average Bonchev–Trinajstić information content (AvgIpc) is 3.01. The van der Waals surface area contributed by atoms with Crippen LogP contribution >= 0.6 is 0 Å². The maximum Gasteiger partial charge on any atom is 0.290 e. The first-order valence-corrected chi connectivity index (χ1v) is 10.9. The average molecular weight is 422 g/mol. The Bertz CT molecular complexity index is 949. The number of rotatable bonds is 10. The third-order valence-corrected chi connectivity index (χ3v) is 5.57. The summed E-state index contributed by atoms with van der Waals surface area (Å²) in [6.45, 7) is 6.81. The number of aryl methyl sites for hydroxylation is 2. The predicted molar refractivity (Wildman–Crippen MR) is 121 cm³/mol. The topological polar surface area (TPSA) is 66.8 Å². The Hall–Kier alpha value is -2.92. The zero-order valence-corrected chi connectivity index (χ0v) is 18.5. The quantitative estimate of drug-likeness (QED) is 0.564. The third kappa shape index (κ3) is 5.42. The number of Topliss-reactive ketones (excluding diaryl/α,β-unsaturated/α-hetero) is 1. The molecule has 1 atom stereocenters. The van der Waals surface area contributed by atoms with Gasteiger partial charge in [-0.05, 0) is 50.3 Å². The van der Waals surface area contributed by atoms with Gasteiger partial charge in [-0.2, -0.15) is 0 Å².